The molecule has 10 nitrogen and oxygen atoms in total. The van der Waals surface area contributed by atoms with E-state index < -0.39 is 24.5 Å². The van der Waals surface area contributed by atoms with Crippen molar-refractivity contribution in [3.05, 3.63) is 12.7 Å². The molecule has 10 heteroatoms. The molecule has 26 heavy (non-hydrogen) atoms. The van der Waals surface area contributed by atoms with Crippen LogP contribution in [0.25, 0.3) is 11.2 Å². The van der Waals surface area contributed by atoms with Crippen LogP contribution in [-0.4, -0.2) is 72.4 Å². The van der Waals surface area contributed by atoms with Gasteiger partial charge in [0.1, 0.15) is 18.3 Å². The minimum Gasteiger partial charge on any atom is -0.394 e. The predicted octanol–water partition coefficient (Wildman–Crippen LogP) is -1.43. The molecule has 2 aliphatic rings. The highest BCUT2D eigenvalue weighted by Gasteiger charge is 2.46. The van der Waals surface area contributed by atoms with E-state index in [4.69, 9.17) is 4.74 Å². The Morgan fingerprint density at radius 2 is 1.92 bits per heavy atom. The Bertz CT molecular complexity index is 763. The van der Waals surface area contributed by atoms with E-state index in [0.29, 0.717) is 17.0 Å². The molecule has 1 saturated carbocycles. The Hall–Kier alpha value is -1.85. The highest BCUT2D eigenvalue weighted by molar-refractivity contribution is 5.79. The smallest absolute Gasteiger partial charge is 0.309 e. The van der Waals surface area contributed by atoms with Crippen molar-refractivity contribution < 1.29 is 29.7 Å². The average Bonchev–Trinajstić information content (AvgIpc) is 3.19. The molecule has 0 unspecified atom stereocenters. The molecule has 0 spiro atoms. The number of fused-ring (bicyclic) bond motifs is 1. The maximum absolute atomic E-state index is 10.2. The van der Waals surface area contributed by atoms with Crippen LogP contribution in [0.15, 0.2) is 12.7 Å². The van der Waals surface area contributed by atoms with Crippen molar-refractivity contribution in [2.24, 2.45) is 0 Å². The summed E-state index contributed by atoms with van der Waals surface area (Å²) in [7, 11) is 0. The lowest BCUT2D eigenvalue weighted by Crippen LogP contribution is -2.45. The topological polar surface area (TPSA) is 148 Å². The van der Waals surface area contributed by atoms with Gasteiger partial charge in [0.05, 0.1) is 12.7 Å². The number of ether oxygens (including phenoxy) is 1. The first-order valence-electron chi connectivity index (χ1n) is 8.88. The van der Waals surface area contributed by atoms with Crippen molar-refractivity contribution in [2.75, 3.05) is 11.9 Å². The van der Waals surface area contributed by atoms with Gasteiger partial charge in [-0.25, -0.2) is 4.57 Å². The van der Waals surface area contributed by atoms with Crippen molar-refractivity contribution in [1.82, 2.24) is 15.0 Å². The van der Waals surface area contributed by atoms with Crippen molar-refractivity contribution >= 4 is 17.0 Å². The molecule has 142 valence electrons. The molecule has 1 aliphatic heterocycles. The highest BCUT2D eigenvalue weighted by Crippen LogP contribution is 2.28. The van der Waals surface area contributed by atoms with Gasteiger partial charge >= 0.3 is 5.65 Å². The average molecular weight is 366 g/mol. The number of aliphatic hydroxyl groups is 4. The zero-order chi connectivity index (χ0) is 18.3. The number of aromatic amines is 1. The molecule has 1 aliphatic carbocycles. The standard InChI is InChI=1S/C16H23N5O5/c22-5-10-12(24)13(25)16(26-10)21-7-19-11-14(17-6-18-15(11)21)20-8-1-3-9(23)4-2-8/h6-10,12-13,16,22-25H,1-5H2,(H,17,18,20)/p+1/t8?,9?,10-,12+,13+,16-/m1/s1. The van der Waals surface area contributed by atoms with E-state index in [0.717, 1.165) is 25.7 Å². The molecule has 6 N–H and O–H groups in total. The number of nitrogens with one attached hydrogen (secondary N) is 2. The van der Waals surface area contributed by atoms with Gasteiger partial charge in [-0.1, -0.05) is 4.98 Å². The number of nitrogens with zero attached hydrogens (tertiary/aromatic N) is 3. The molecule has 2 fully saturated rings. The summed E-state index contributed by atoms with van der Waals surface area (Å²) < 4.78 is 7.17. The van der Waals surface area contributed by atoms with Crippen molar-refractivity contribution in [2.45, 2.75) is 62.4 Å². The number of anilines is 1. The van der Waals surface area contributed by atoms with Crippen LogP contribution in [0.3, 0.4) is 0 Å². The number of H-pyrrole nitrogens is 1. The van der Waals surface area contributed by atoms with Gasteiger partial charge in [-0.05, 0) is 25.7 Å². The molecule has 2 aromatic rings. The molecule has 4 rings (SSSR count). The number of hydrogen-bond acceptors (Lipinski definition) is 8. The van der Waals surface area contributed by atoms with E-state index in [9.17, 15) is 20.4 Å². The number of imidazole rings is 1. The van der Waals surface area contributed by atoms with Crippen LogP contribution in [0.4, 0.5) is 5.82 Å². The molecular weight excluding hydrogens is 342 g/mol. The second-order valence-corrected chi connectivity index (χ2v) is 6.98. The third-order valence-corrected chi connectivity index (χ3v) is 5.25. The largest absolute Gasteiger partial charge is 0.394 e. The van der Waals surface area contributed by atoms with Crippen molar-refractivity contribution in [3.8, 4) is 0 Å². The van der Waals surface area contributed by atoms with Crippen LogP contribution >= 0.6 is 0 Å². The Kier molecular flexibility index (Phi) is 4.76. The summed E-state index contributed by atoms with van der Waals surface area (Å²) in [6.07, 6.45) is 2.01. The van der Waals surface area contributed by atoms with E-state index in [1.165, 1.54) is 6.33 Å². The fraction of sp³-hybridized carbons (Fsp3) is 0.688. The number of hydrogen-bond donors (Lipinski definition) is 6. The summed E-state index contributed by atoms with van der Waals surface area (Å²) in [5.41, 5.74) is 1.18. The fourth-order valence-corrected chi connectivity index (χ4v) is 3.73. The maximum Gasteiger partial charge on any atom is 0.309 e. The summed E-state index contributed by atoms with van der Waals surface area (Å²) >= 11 is 0. The molecule has 0 radical (unpaired) electrons. The quantitative estimate of drug-likeness (QED) is 0.361. The van der Waals surface area contributed by atoms with Crippen molar-refractivity contribution in [3.63, 3.8) is 0 Å². The van der Waals surface area contributed by atoms with Crippen LogP contribution in [0.2, 0.25) is 0 Å². The Morgan fingerprint density at radius 3 is 2.62 bits per heavy atom. The second-order valence-electron chi connectivity index (χ2n) is 6.98. The van der Waals surface area contributed by atoms with E-state index in [-0.39, 0.29) is 18.8 Å². The normalized spacial score (nSPS) is 35.1. The van der Waals surface area contributed by atoms with Crippen LogP contribution < -0.4 is 9.88 Å². The molecular formula is C16H24N5O5+. The molecule has 0 amide bonds. The first kappa shape index (κ1) is 17.6. The molecule has 4 atom stereocenters. The third kappa shape index (κ3) is 3.03. The molecule has 0 aromatic carbocycles. The first-order valence-corrected chi connectivity index (χ1v) is 8.88. The van der Waals surface area contributed by atoms with Crippen LogP contribution in [0.5, 0.6) is 0 Å². The maximum atomic E-state index is 10.2. The fourth-order valence-electron chi connectivity index (χ4n) is 3.73. The van der Waals surface area contributed by atoms with Gasteiger partial charge in [-0.15, -0.1) is 0 Å². The predicted molar refractivity (Wildman–Crippen MR) is 89.0 cm³/mol. The van der Waals surface area contributed by atoms with Crippen LogP contribution in [-0.2, 0) is 4.74 Å². The van der Waals surface area contributed by atoms with Crippen LogP contribution in [0, 0.1) is 0 Å². The minimum absolute atomic E-state index is 0.224. The summed E-state index contributed by atoms with van der Waals surface area (Å²) in [5.74, 6) is 0.641. The second kappa shape index (κ2) is 7.05. The monoisotopic (exact) mass is 366 g/mol. The first-order chi connectivity index (χ1) is 12.6. The van der Waals surface area contributed by atoms with Gasteiger partial charge in [-0.3, -0.25) is 4.98 Å². The molecule has 3 heterocycles. The summed E-state index contributed by atoms with van der Waals surface area (Å²) in [4.78, 5) is 11.7. The zero-order valence-electron chi connectivity index (χ0n) is 14.2. The summed E-state index contributed by atoms with van der Waals surface area (Å²) in [6.45, 7) is -0.382. The zero-order valence-corrected chi connectivity index (χ0v) is 14.2. The van der Waals surface area contributed by atoms with E-state index in [1.54, 1.807) is 10.9 Å². The van der Waals surface area contributed by atoms with Crippen LogP contribution in [0.1, 0.15) is 31.9 Å². The van der Waals surface area contributed by atoms with E-state index >= 15 is 0 Å². The summed E-state index contributed by atoms with van der Waals surface area (Å²) in [6, 6.07) is 0.224. The third-order valence-electron chi connectivity index (χ3n) is 5.25. The number of aromatic nitrogens is 4. The van der Waals surface area contributed by atoms with Crippen molar-refractivity contribution in [1.29, 1.82) is 0 Å². The Balaban J connectivity index is 1.59. The summed E-state index contributed by atoms with van der Waals surface area (Å²) in [5, 5.41) is 42.5. The van der Waals surface area contributed by atoms with E-state index in [2.05, 4.69) is 20.3 Å². The number of rotatable bonds is 4. The van der Waals surface area contributed by atoms with Gasteiger partial charge in [-0.2, -0.15) is 4.98 Å². The number of aliphatic hydroxyl groups excluding tert-OH is 4. The highest BCUT2D eigenvalue weighted by atomic mass is 16.6. The Morgan fingerprint density at radius 1 is 1.15 bits per heavy atom. The molecule has 2 aromatic heterocycles. The lowest BCUT2D eigenvalue weighted by Gasteiger charge is -2.26. The van der Waals surface area contributed by atoms with Gasteiger partial charge < -0.3 is 30.5 Å². The van der Waals surface area contributed by atoms with E-state index in [1.807, 2.05) is 0 Å². The lowest BCUT2D eigenvalue weighted by molar-refractivity contribution is -0.745. The van der Waals surface area contributed by atoms with Gasteiger partial charge in [0.2, 0.25) is 11.7 Å². The minimum atomic E-state index is -1.18. The van der Waals surface area contributed by atoms with Gasteiger partial charge in [0, 0.05) is 6.04 Å². The molecule has 1 saturated heterocycles. The molecule has 0 bridgehead atoms. The van der Waals surface area contributed by atoms with Gasteiger partial charge in [0.25, 0.3) is 0 Å². The SMILES string of the molecule is OC[C@H]1O[C@@H]([n+]2c[nH]c3c(NC4CCC(O)CC4)ncnc32)[C@@H](O)[C@H]1O. The van der Waals surface area contributed by atoms with Gasteiger partial charge in [0.15, 0.2) is 18.5 Å². The lowest BCUT2D eigenvalue weighted by atomic mass is 9.93. The Labute approximate surface area is 149 Å².